The van der Waals surface area contributed by atoms with E-state index in [1.807, 2.05) is 0 Å². The van der Waals surface area contributed by atoms with E-state index >= 15 is 0 Å². The Morgan fingerprint density at radius 1 is 0.621 bits per heavy atom. The molecule has 0 bridgehead atoms. The fraction of sp³-hybridized carbons (Fsp3) is 0.500. The zero-order chi connectivity index (χ0) is 21.2. The molecule has 0 unspecified atom stereocenters. The second-order valence-corrected chi connectivity index (χ2v) is 6.72. The number of Topliss-reactive ketones (excluding diaryl/α,β-unsaturated/α-hetero) is 2. The third kappa shape index (κ3) is 7.19. The van der Waals surface area contributed by atoms with Crippen LogP contribution in [0.2, 0.25) is 0 Å². The highest BCUT2D eigenvalue weighted by molar-refractivity contribution is 6.13. The molecule has 4 amide bonds. The fourth-order valence-corrected chi connectivity index (χ4v) is 2.87. The van der Waals surface area contributed by atoms with Crippen molar-refractivity contribution in [1.29, 1.82) is 0 Å². The third-order valence-corrected chi connectivity index (χ3v) is 4.52. The standard InChI is InChI=1S/C20H24N2O7/c23-15(9-11-21-17(25)5-6-18(21)26)3-1-13-29-14-2-4-16(24)10-12-22-19(27)7-8-20(22)28/h5-8H,1-4,9-14H2. The first-order valence-electron chi connectivity index (χ1n) is 9.56. The second kappa shape index (κ2) is 11.2. The summed E-state index contributed by atoms with van der Waals surface area (Å²) in [5, 5.41) is 0. The number of imide groups is 2. The average Bonchev–Trinajstić information content (AvgIpc) is 3.18. The van der Waals surface area contributed by atoms with Crippen molar-refractivity contribution in [2.45, 2.75) is 38.5 Å². The Morgan fingerprint density at radius 2 is 0.966 bits per heavy atom. The maximum Gasteiger partial charge on any atom is 0.253 e. The Kier molecular flexibility index (Phi) is 8.60. The molecule has 0 aromatic heterocycles. The Bertz CT molecular complexity index is 656. The molecule has 156 valence electrons. The van der Waals surface area contributed by atoms with Crippen LogP contribution in [0.3, 0.4) is 0 Å². The molecule has 0 N–H and O–H groups in total. The van der Waals surface area contributed by atoms with Crippen molar-refractivity contribution in [3.05, 3.63) is 24.3 Å². The molecule has 2 aliphatic heterocycles. The number of ether oxygens (including phenoxy) is 1. The molecule has 0 saturated heterocycles. The molecule has 2 rings (SSSR count). The Morgan fingerprint density at radius 3 is 1.31 bits per heavy atom. The van der Waals surface area contributed by atoms with E-state index in [9.17, 15) is 28.8 Å². The number of carbonyl (C=O) groups excluding carboxylic acids is 6. The first kappa shape index (κ1) is 22.4. The van der Waals surface area contributed by atoms with Gasteiger partial charge in [-0.25, -0.2) is 0 Å². The number of hydrogen-bond acceptors (Lipinski definition) is 7. The summed E-state index contributed by atoms with van der Waals surface area (Å²) < 4.78 is 5.40. The molecule has 0 fully saturated rings. The number of hydrogen-bond donors (Lipinski definition) is 0. The van der Waals surface area contributed by atoms with Gasteiger partial charge < -0.3 is 4.74 Å². The summed E-state index contributed by atoms with van der Waals surface area (Å²) in [6.45, 7) is 0.950. The van der Waals surface area contributed by atoms with Gasteiger partial charge in [-0.15, -0.1) is 0 Å². The normalized spacial score (nSPS) is 15.9. The number of ketones is 2. The van der Waals surface area contributed by atoms with Crippen LogP contribution in [0.5, 0.6) is 0 Å². The minimum absolute atomic E-state index is 0.0447. The summed E-state index contributed by atoms with van der Waals surface area (Å²) in [7, 11) is 0. The van der Waals surface area contributed by atoms with E-state index < -0.39 is 23.6 Å². The maximum absolute atomic E-state index is 11.8. The lowest BCUT2D eigenvalue weighted by molar-refractivity contribution is -0.139. The summed E-state index contributed by atoms with van der Waals surface area (Å²) in [6, 6.07) is 0. The summed E-state index contributed by atoms with van der Waals surface area (Å²) in [6.07, 6.45) is 6.67. The molecule has 29 heavy (non-hydrogen) atoms. The zero-order valence-corrected chi connectivity index (χ0v) is 16.1. The van der Waals surface area contributed by atoms with Gasteiger partial charge in [0, 0.05) is 76.3 Å². The summed E-state index contributed by atoms with van der Waals surface area (Å²) in [4.78, 5) is 71.1. The van der Waals surface area contributed by atoms with Gasteiger partial charge in [0.2, 0.25) is 0 Å². The lowest BCUT2D eigenvalue weighted by Crippen LogP contribution is -2.32. The summed E-state index contributed by atoms with van der Waals surface area (Å²) in [5.41, 5.74) is 0. The van der Waals surface area contributed by atoms with Gasteiger partial charge >= 0.3 is 0 Å². The molecule has 9 heteroatoms. The van der Waals surface area contributed by atoms with Gasteiger partial charge in [0.25, 0.3) is 23.6 Å². The largest absolute Gasteiger partial charge is 0.381 e. The predicted molar refractivity (Wildman–Crippen MR) is 100 cm³/mol. The van der Waals surface area contributed by atoms with Gasteiger partial charge in [0.1, 0.15) is 11.6 Å². The van der Waals surface area contributed by atoms with Crippen LogP contribution in [0.25, 0.3) is 0 Å². The predicted octanol–water partition coefficient (Wildman–Crippen LogP) is 0.332. The molecule has 0 aromatic carbocycles. The lowest BCUT2D eigenvalue weighted by Gasteiger charge is -2.13. The van der Waals surface area contributed by atoms with E-state index in [0.29, 0.717) is 38.9 Å². The number of nitrogens with zero attached hydrogens (tertiary/aromatic N) is 2. The summed E-state index contributed by atoms with van der Waals surface area (Å²) in [5.74, 6) is -1.66. The number of carbonyl (C=O) groups is 6. The molecule has 0 saturated carbocycles. The van der Waals surface area contributed by atoms with Crippen molar-refractivity contribution in [3.8, 4) is 0 Å². The lowest BCUT2D eigenvalue weighted by atomic mass is 10.1. The SMILES string of the molecule is O=C(CCCOCCCC(=O)CCN1C(=O)C=CC1=O)CCN1C(=O)C=CC1=O. The van der Waals surface area contributed by atoms with Crippen LogP contribution in [-0.4, -0.2) is 71.3 Å². The van der Waals surface area contributed by atoms with Gasteiger partial charge in [0.15, 0.2) is 0 Å². The highest BCUT2D eigenvalue weighted by Crippen LogP contribution is 2.07. The molecule has 0 spiro atoms. The van der Waals surface area contributed by atoms with Crippen molar-refractivity contribution in [1.82, 2.24) is 9.80 Å². The van der Waals surface area contributed by atoms with Gasteiger partial charge in [-0.05, 0) is 12.8 Å². The number of amides is 4. The first-order chi connectivity index (χ1) is 13.9. The van der Waals surface area contributed by atoms with Gasteiger partial charge in [-0.2, -0.15) is 0 Å². The molecule has 0 atom stereocenters. The molecule has 0 aromatic rings. The van der Waals surface area contributed by atoms with Crippen molar-refractivity contribution < 1.29 is 33.5 Å². The van der Waals surface area contributed by atoms with Crippen LogP contribution in [0.4, 0.5) is 0 Å². The van der Waals surface area contributed by atoms with Crippen molar-refractivity contribution in [2.75, 3.05) is 26.3 Å². The van der Waals surface area contributed by atoms with Gasteiger partial charge in [-0.3, -0.25) is 38.6 Å². The van der Waals surface area contributed by atoms with Crippen LogP contribution >= 0.6 is 0 Å². The molecular weight excluding hydrogens is 380 g/mol. The number of rotatable bonds is 14. The second-order valence-electron chi connectivity index (χ2n) is 6.72. The zero-order valence-electron chi connectivity index (χ0n) is 16.1. The van der Waals surface area contributed by atoms with Crippen LogP contribution < -0.4 is 0 Å². The third-order valence-electron chi connectivity index (χ3n) is 4.52. The smallest absolute Gasteiger partial charge is 0.253 e. The highest BCUT2D eigenvalue weighted by Gasteiger charge is 2.24. The van der Waals surface area contributed by atoms with Crippen LogP contribution in [-0.2, 0) is 33.5 Å². The van der Waals surface area contributed by atoms with Gasteiger partial charge in [0.05, 0.1) is 0 Å². The molecule has 0 radical (unpaired) electrons. The molecule has 2 aliphatic rings. The maximum atomic E-state index is 11.8. The van der Waals surface area contributed by atoms with Crippen molar-refractivity contribution in [2.24, 2.45) is 0 Å². The Balaban J connectivity index is 1.43. The average molecular weight is 404 g/mol. The molecule has 9 nitrogen and oxygen atoms in total. The van der Waals surface area contributed by atoms with E-state index in [1.54, 1.807) is 0 Å². The van der Waals surface area contributed by atoms with Gasteiger partial charge in [-0.1, -0.05) is 0 Å². The molecular formula is C20H24N2O7. The highest BCUT2D eigenvalue weighted by atomic mass is 16.5. The van der Waals surface area contributed by atoms with Crippen LogP contribution in [0.15, 0.2) is 24.3 Å². The summed E-state index contributed by atoms with van der Waals surface area (Å²) >= 11 is 0. The Hall–Kier alpha value is -2.94. The molecule has 0 aliphatic carbocycles. The Labute approximate surface area is 168 Å². The monoisotopic (exact) mass is 404 g/mol. The van der Waals surface area contributed by atoms with Crippen molar-refractivity contribution in [3.63, 3.8) is 0 Å². The van der Waals surface area contributed by atoms with E-state index in [4.69, 9.17) is 4.74 Å². The van der Waals surface area contributed by atoms with Crippen molar-refractivity contribution >= 4 is 35.2 Å². The minimum atomic E-state index is -0.393. The molecule has 2 heterocycles. The van der Waals surface area contributed by atoms with E-state index in [0.717, 1.165) is 9.80 Å². The fourth-order valence-electron chi connectivity index (χ4n) is 2.87. The van der Waals surface area contributed by atoms with E-state index in [2.05, 4.69) is 0 Å². The van der Waals surface area contributed by atoms with E-state index in [-0.39, 0.29) is 37.5 Å². The van der Waals surface area contributed by atoms with Crippen LogP contribution in [0.1, 0.15) is 38.5 Å². The van der Waals surface area contributed by atoms with E-state index in [1.165, 1.54) is 24.3 Å². The topological polar surface area (TPSA) is 118 Å². The minimum Gasteiger partial charge on any atom is -0.381 e. The van der Waals surface area contributed by atoms with Crippen LogP contribution in [0, 0.1) is 0 Å². The quantitative estimate of drug-likeness (QED) is 0.302. The first-order valence-corrected chi connectivity index (χ1v) is 9.56.